The van der Waals surface area contributed by atoms with Crippen LogP contribution in [0.3, 0.4) is 0 Å². The molecule has 0 radical (unpaired) electrons. The van der Waals surface area contributed by atoms with E-state index in [-0.39, 0.29) is 12.2 Å². The molecule has 1 aliphatic rings. The fourth-order valence-corrected chi connectivity index (χ4v) is 3.08. The topological polar surface area (TPSA) is 54.9 Å². The van der Waals surface area contributed by atoms with Crippen LogP contribution in [0.25, 0.3) is 0 Å². The number of benzene rings is 2. The Labute approximate surface area is 161 Å². The first-order valence-electron chi connectivity index (χ1n) is 9.52. The number of rotatable bonds is 7. The summed E-state index contributed by atoms with van der Waals surface area (Å²) in [6, 6.07) is 16.6. The van der Waals surface area contributed by atoms with E-state index in [4.69, 9.17) is 9.47 Å². The zero-order chi connectivity index (χ0) is 19.1. The van der Waals surface area contributed by atoms with Gasteiger partial charge in [-0.2, -0.15) is 0 Å². The van der Waals surface area contributed by atoms with Crippen LogP contribution in [0.2, 0.25) is 0 Å². The van der Waals surface area contributed by atoms with Crippen LogP contribution in [0.1, 0.15) is 30.5 Å². The lowest BCUT2D eigenvalue weighted by Crippen LogP contribution is -2.41. The fourth-order valence-electron chi connectivity index (χ4n) is 3.08. The van der Waals surface area contributed by atoms with Crippen LogP contribution in [0, 0.1) is 0 Å². The quantitative estimate of drug-likeness (QED) is 0.582. The van der Waals surface area contributed by atoms with Gasteiger partial charge in [0.25, 0.3) is 0 Å². The fraction of sp³-hybridized carbons (Fsp3) is 0.409. The molecular weight excluding hydrogens is 338 g/mol. The summed E-state index contributed by atoms with van der Waals surface area (Å²) in [5.41, 5.74) is 3.66. The molecule has 0 spiro atoms. The summed E-state index contributed by atoms with van der Waals surface area (Å²) in [6.07, 6.45) is 1.30. The molecule has 0 aliphatic carbocycles. The molecule has 1 unspecified atom stereocenters. The lowest BCUT2D eigenvalue weighted by atomic mass is 10.1. The van der Waals surface area contributed by atoms with Gasteiger partial charge < -0.3 is 20.1 Å². The first-order chi connectivity index (χ1) is 13.1. The van der Waals surface area contributed by atoms with E-state index in [2.05, 4.69) is 52.0 Å². The molecule has 1 atom stereocenters. The predicted octanol–water partition coefficient (Wildman–Crippen LogP) is 3.28. The molecule has 2 aromatic rings. The number of nitrogens with zero attached hydrogens (tertiary/aromatic N) is 1. The molecular formula is C22H29N3O2. The summed E-state index contributed by atoms with van der Waals surface area (Å²) in [6.45, 7) is 6.16. The van der Waals surface area contributed by atoms with Gasteiger partial charge in [0.05, 0.1) is 19.3 Å². The Hall–Kier alpha value is -2.53. The lowest BCUT2D eigenvalue weighted by Gasteiger charge is -2.16. The van der Waals surface area contributed by atoms with Gasteiger partial charge in [0.1, 0.15) is 11.9 Å². The van der Waals surface area contributed by atoms with Crippen LogP contribution in [-0.4, -0.2) is 31.8 Å². The highest BCUT2D eigenvalue weighted by molar-refractivity contribution is 5.79. The van der Waals surface area contributed by atoms with Gasteiger partial charge in [-0.25, -0.2) is 0 Å². The standard InChI is InChI=1S/C22H29N3O2/c1-16(2)26-15-18-8-6-7-17(11-18)13-24-22(23-3)25-14-20-12-19-9-4-5-10-21(19)27-20/h4-11,16,20H,12-15H2,1-3H3,(H2,23,24,25). The average Bonchev–Trinajstić information content (AvgIpc) is 3.10. The molecule has 0 aromatic heterocycles. The summed E-state index contributed by atoms with van der Waals surface area (Å²) in [7, 11) is 1.78. The number of ether oxygens (including phenoxy) is 2. The molecule has 2 aromatic carbocycles. The zero-order valence-electron chi connectivity index (χ0n) is 16.4. The van der Waals surface area contributed by atoms with Gasteiger partial charge in [0.2, 0.25) is 0 Å². The molecule has 3 rings (SSSR count). The van der Waals surface area contributed by atoms with E-state index in [1.54, 1.807) is 7.05 Å². The van der Waals surface area contributed by atoms with Crippen LogP contribution in [-0.2, 0) is 24.3 Å². The Kier molecular flexibility index (Phi) is 6.71. The number of hydrogen-bond donors (Lipinski definition) is 2. The van der Waals surface area contributed by atoms with E-state index in [1.807, 2.05) is 26.0 Å². The van der Waals surface area contributed by atoms with Crippen molar-refractivity contribution in [2.75, 3.05) is 13.6 Å². The predicted molar refractivity (Wildman–Crippen MR) is 109 cm³/mol. The largest absolute Gasteiger partial charge is 0.488 e. The SMILES string of the molecule is CN=C(NCc1cccc(COC(C)C)c1)NCC1Cc2ccccc2O1. The molecule has 0 fully saturated rings. The number of para-hydroxylation sites is 1. The third kappa shape index (κ3) is 5.73. The Morgan fingerprint density at radius 1 is 1.15 bits per heavy atom. The molecule has 27 heavy (non-hydrogen) atoms. The van der Waals surface area contributed by atoms with Crippen LogP contribution in [0.4, 0.5) is 0 Å². The van der Waals surface area contributed by atoms with Crippen molar-refractivity contribution in [2.45, 2.75) is 45.6 Å². The molecule has 0 saturated carbocycles. The Morgan fingerprint density at radius 2 is 1.96 bits per heavy atom. The minimum atomic E-state index is 0.137. The average molecular weight is 367 g/mol. The number of aliphatic imine (C=N–C) groups is 1. The first kappa shape index (κ1) is 19.2. The van der Waals surface area contributed by atoms with Crippen molar-refractivity contribution < 1.29 is 9.47 Å². The Morgan fingerprint density at radius 3 is 2.74 bits per heavy atom. The van der Waals surface area contributed by atoms with E-state index >= 15 is 0 Å². The number of guanidine groups is 1. The third-order valence-electron chi connectivity index (χ3n) is 4.47. The minimum absolute atomic E-state index is 0.137. The molecule has 5 nitrogen and oxygen atoms in total. The number of fused-ring (bicyclic) bond motifs is 1. The van der Waals surface area contributed by atoms with Crippen molar-refractivity contribution >= 4 is 5.96 Å². The first-order valence-corrected chi connectivity index (χ1v) is 9.52. The van der Waals surface area contributed by atoms with E-state index in [1.165, 1.54) is 16.7 Å². The second-order valence-corrected chi connectivity index (χ2v) is 7.04. The van der Waals surface area contributed by atoms with Gasteiger partial charge in [0.15, 0.2) is 5.96 Å². The maximum Gasteiger partial charge on any atom is 0.191 e. The summed E-state index contributed by atoms with van der Waals surface area (Å²) in [5, 5.41) is 6.73. The van der Waals surface area contributed by atoms with Gasteiger partial charge in [-0.05, 0) is 36.6 Å². The number of nitrogens with one attached hydrogen (secondary N) is 2. The maximum atomic E-state index is 5.97. The van der Waals surface area contributed by atoms with Crippen molar-refractivity contribution in [3.05, 3.63) is 65.2 Å². The van der Waals surface area contributed by atoms with Crippen molar-refractivity contribution in [3.63, 3.8) is 0 Å². The Balaban J connectivity index is 1.45. The van der Waals surface area contributed by atoms with Crippen LogP contribution < -0.4 is 15.4 Å². The Bertz CT molecular complexity index is 749. The van der Waals surface area contributed by atoms with Crippen LogP contribution in [0.15, 0.2) is 53.5 Å². The van der Waals surface area contributed by atoms with Gasteiger partial charge in [0, 0.05) is 20.0 Å². The molecule has 1 heterocycles. The third-order valence-corrected chi connectivity index (χ3v) is 4.47. The maximum absolute atomic E-state index is 5.97. The van der Waals surface area contributed by atoms with E-state index in [0.29, 0.717) is 13.2 Å². The van der Waals surface area contributed by atoms with Gasteiger partial charge >= 0.3 is 0 Å². The highest BCUT2D eigenvalue weighted by Crippen LogP contribution is 2.27. The van der Waals surface area contributed by atoms with Crippen molar-refractivity contribution in [3.8, 4) is 5.75 Å². The van der Waals surface area contributed by atoms with Gasteiger partial charge in [-0.1, -0.05) is 42.5 Å². The van der Waals surface area contributed by atoms with E-state index in [9.17, 15) is 0 Å². The highest BCUT2D eigenvalue weighted by atomic mass is 16.5. The van der Waals surface area contributed by atoms with Crippen molar-refractivity contribution in [2.24, 2.45) is 4.99 Å². The van der Waals surface area contributed by atoms with Crippen molar-refractivity contribution in [1.82, 2.24) is 10.6 Å². The van der Waals surface area contributed by atoms with Crippen molar-refractivity contribution in [1.29, 1.82) is 0 Å². The summed E-state index contributed by atoms with van der Waals surface area (Å²) in [5.74, 6) is 1.77. The van der Waals surface area contributed by atoms with Crippen LogP contribution in [0.5, 0.6) is 5.75 Å². The second-order valence-electron chi connectivity index (χ2n) is 7.04. The second kappa shape index (κ2) is 9.42. The highest BCUT2D eigenvalue weighted by Gasteiger charge is 2.22. The molecule has 0 saturated heterocycles. The number of hydrogen-bond acceptors (Lipinski definition) is 3. The van der Waals surface area contributed by atoms with Gasteiger partial charge in [-0.15, -0.1) is 0 Å². The van der Waals surface area contributed by atoms with E-state index < -0.39 is 0 Å². The molecule has 144 valence electrons. The molecule has 5 heteroatoms. The van der Waals surface area contributed by atoms with Crippen LogP contribution >= 0.6 is 0 Å². The summed E-state index contributed by atoms with van der Waals surface area (Å²) >= 11 is 0. The molecule has 0 bridgehead atoms. The smallest absolute Gasteiger partial charge is 0.191 e. The zero-order valence-corrected chi connectivity index (χ0v) is 16.4. The monoisotopic (exact) mass is 367 g/mol. The van der Waals surface area contributed by atoms with E-state index in [0.717, 1.165) is 24.7 Å². The summed E-state index contributed by atoms with van der Waals surface area (Å²) in [4.78, 5) is 4.31. The minimum Gasteiger partial charge on any atom is -0.488 e. The normalized spacial score (nSPS) is 16.1. The molecule has 2 N–H and O–H groups in total. The van der Waals surface area contributed by atoms with Gasteiger partial charge in [-0.3, -0.25) is 4.99 Å². The lowest BCUT2D eigenvalue weighted by molar-refractivity contribution is 0.0657. The summed E-state index contributed by atoms with van der Waals surface area (Å²) < 4.78 is 11.6. The molecule has 0 amide bonds. The molecule has 1 aliphatic heterocycles.